The summed E-state index contributed by atoms with van der Waals surface area (Å²) in [5, 5.41) is 11.3. The molecule has 0 saturated heterocycles. The molecule has 1 aromatic carbocycles. The highest BCUT2D eigenvalue weighted by Crippen LogP contribution is 2.55. The molecule has 6 heteroatoms. The van der Waals surface area contributed by atoms with Crippen molar-refractivity contribution in [1.29, 1.82) is 0 Å². The molecule has 2 fully saturated rings. The first-order valence-corrected chi connectivity index (χ1v) is 11.6. The number of fused-ring (bicyclic) bond motifs is 6. The number of carbonyl (C=O) groups excluding carboxylic acids is 1. The lowest BCUT2D eigenvalue weighted by Crippen LogP contribution is -2.54. The van der Waals surface area contributed by atoms with E-state index in [-0.39, 0.29) is 23.6 Å². The van der Waals surface area contributed by atoms with Crippen LogP contribution >= 0.6 is 11.9 Å². The summed E-state index contributed by atoms with van der Waals surface area (Å²) in [6, 6.07) is 6.27. The Hall–Kier alpha value is -1.95. The van der Waals surface area contributed by atoms with Crippen LogP contribution in [0.5, 0.6) is 0 Å². The summed E-state index contributed by atoms with van der Waals surface area (Å²) in [4.78, 5) is 21.5. The Bertz CT molecular complexity index is 923. The predicted octanol–water partition coefficient (Wildman–Crippen LogP) is 4.75. The maximum Gasteiger partial charge on any atom is 0.261 e. The highest BCUT2D eigenvalue weighted by molar-refractivity contribution is 7.98. The standard InChI is InChI=1S/C23H29N3O2S/c1-12(2)8-9-26-20-15-6-5-14(11-15)18(20)21(27)19(23(26)28)22-24-16-7-4-13(3)10-17(16)29-25-22/h4,7,10,12,14-15,18,20,27H,5-6,8-9,11H2,1-3H3,(H,24,25)/t14?,15-,18-,20+/m1/s1. The normalized spacial score (nSPS) is 30.4. The maximum absolute atomic E-state index is 13.6. The number of rotatable bonds is 4. The zero-order valence-electron chi connectivity index (χ0n) is 17.3. The second-order valence-corrected chi connectivity index (χ2v) is 10.3. The number of amidine groups is 1. The third-order valence-corrected chi connectivity index (χ3v) is 7.91. The average molecular weight is 412 g/mol. The molecular formula is C23H29N3O2S. The molecule has 2 saturated carbocycles. The lowest BCUT2D eigenvalue weighted by molar-refractivity contribution is -0.133. The fourth-order valence-electron chi connectivity index (χ4n) is 5.67. The third-order valence-electron chi connectivity index (χ3n) is 7.07. The molecule has 2 aliphatic heterocycles. The van der Waals surface area contributed by atoms with Crippen LogP contribution < -0.4 is 4.72 Å². The number of aryl methyl sites for hydroxylation is 1. The summed E-state index contributed by atoms with van der Waals surface area (Å²) in [5.41, 5.74) is 2.42. The number of carbonyl (C=O) groups is 1. The Balaban J connectivity index is 1.55. The van der Waals surface area contributed by atoms with Crippen molar-refractivity contribution in [1.82, 2.24) is 9.62 Å². The van der Waals surface area contributed by atoms with Crippen LogP contribution in [0.25, 0.3) is 0 Å². The molecule has 0 aromatic heterocycles. The third kappa shape index (κ3) is 3.07. The minimum Gasteiger partial charge on any atom is -0.511 e. The van der Waals surface area contributed by atoms with Crippen LogP contribution in [0.2, 0.25) is 0 Å². The van der Waals surface area contributed by atoms with E-state index in [4.69, 9.17) is 4.99 Å². The van der Waals surface area contributed by atoms with Gasteiger partial charge in [-0.2, -0.15) is 0 Å². The predicted molar refractivity (Wildman–Crippen MR) is 116 cm³/mol. The number of hydrogen-bond acceptors (Lipinski definition) is 5. The van der Waals surface area contributed by atoms with E-state index in [2.05, 4.69) is 36.5 Å². The number of aliphatic hydroxyl groups excluding tert-OH is 1. The molecule has 2 bridgehead atoms. The molecule has 2 aliphatic carbocycles. The van der Waals surface area contributed by atoms with Gasteiger partial charge >= 0.3 is 0 Å². The summed E-state index contributed by atoms with van der Waals surface area (Å²) < 4.78 is 3.24. The van der Waals surface area contributed by atoms with E-state index in [1.54, 1.807) is 0 Å². The number of aliphatic hydroxyl groups is 1. The van der Waals surface area contributed by atoms with Crippen molar-refractivity contribution in [2.24, 2.45) is 28.7 Å². The highest BCUT2D eigenvalue weighted by Gasteiger charge is 2.56. The van der Waals surface area contributed by atoms with Gasteiger partial charge in [-0.1, -0.05) is 19.9 Å². The highest BCUT2D eigenvalue weighted by atomic mass is 32.2. The fraction of sp³-hybridized carbons (Fsp3) is 0.565. The van der Waals surface area contributed by atoms with Gasteiger partial charge in [-0.25, -0.2) is 4.99 Å². The van der Waals surface area contributed by atoms with E-state index in [1.165, 1.54) is 23.9 Å². The lowest BCUT2D eigenvalue weighted by atomic mass is 9.77. The van der Waals surface area contributed by atoms with Gasteiger partial charge in [0.1, 0.15) is 11.3 Å². The van der Waals surface area contributed by atoms with Gasteiger partial charge in [-0.15, -0.1) is 0 Å². The first kappa shape index (κ1) is 19.0. The maximum atomic E-state index is 13.6. The van der Waals surface area contributed by atoms with Crippen LogP contribution in [-0.2, 0) is 4.79 Å². The zero-order chi connectivity index (χ0) is 20.3. The molecule has 4 atom stereocenters. The summed E-state index contributed by atoms with van der Waals surface area (Å²) in [7, 11) is 0. The Morgan fingerprint density at radius 3 is 2.90 bits per heavy atom. The first-order chi connectivity index (χ1) is 13.9. The van der Waals surface area contributed by atoms with Crippen molar-refractivity contribution in [2.75, 3.05) is 6.54 Å². The zero-order valence-corrected chi connectivity index (χ0v) is 18.1. The Kier molecular flexibility index (Phi) is 4.65. The van der Waals surface area contributed by atoms with Crippen LogP contribution in [0, 0.1) is 30.6 Å². The molecule has 5 nitrogen and oxygen atoms in total. The summed E-state index contributed by atoms with van der Waals surface area (Å²) in [6.45, 7) is 7.21. The van der Waals surface area contributed by atoms with E-state index >= 15 is 0 Å². The number of nitrogens with one attached hydrogen (secondary N) is 1. The topological polar surface area (TPSA) is 64.9 Å². The quantitative estimate of drug-likeness (QED) is 0.702. The lowest BCUT2D eigenvalue weighted by Gasteiger charge is -2.44. The molecular weight excluding hydrogens is 382 g/mol. The Morgan fingerprint density at radius 1 is 1.31 bits per heavy atom. The molecule has 1 amide bonds. The van der Waals surface area contributed by atoms with E-state index in [1.807, 2.05) is 12.1 Å². The molecule has 154 valence electrons. The van der Waals surface area contributed by atoms with Crippen molar-refractivity contribution in [3.8, 4) is 0 Å². The van der Waals surface area contributed by atoms with Crippen LogP contribution in [0.15, 0.2) is 39.4 Å². The van der Waals surface area contributed by atoms with Crippen molar-refractivity contribution in [3.05, 3.63) is 35.1 Å². The second-order valence-electron chi connectivity index (χ2n) is 9.43. The number of aliphatic imine (C=N–C) groups is 1. The van der Waals surface area contributed by atoms with Crippen molar-refractivity contribution < 1.29 is 9.90 Å². The molecule has 2 N–H and O–H groups in total. The number of hydrogen-bond donors (Lipinski definition) is 2. The van der Waals surface area contributed by atoms with Gasteiger partial charge in [0, 0.05) is 18.5 Å². The Labute approximate surface area is 176 Å². The molecule has 5 rings (SSSR count). The average Bonchev–Trinajstić information content (AvgIpc) is 3.30. The van der Waals surface area contributed by atoms with Crippen molar-refractivity contribution in [2.45, 2.75) is 57.4 Å². The number of benzene rings is 1. The summed E-state index contributed by atoms with van der Waals surface area (Å²) in [5.74, 6) is 2.35. The Morgan fingerprint density at radius 2 is 2.10 bits per heavy atom. The SMILES string of the molecule is Cc1ccc2c(c1)SNC(C1=C(O)[C@@H]3C4CC[C@H](C4)[C@@H]3N(CCC(C)C)C1=O)=N2. The van der Waals surface area contributed by atoms with Gasteiger partial charge in [0.25, 0.3) is 5.91 Å². The minimum absolute atomic E-state index is 0.0561. The molecule has 2 heterocycles. The molecule has 1 aromatic rings. The first-order valence-electron chi connectivity index (χ1n) is 10.8. The van der Waals surface area contributed by atoms with Gasteiger partial charge in [-0.05, 0) is 80.0 Å². The van der Waals surface area contributed by atoms with Crippen LogP contribution in [0.4, 0.5) is 5.69 Å². The molecule has 4 aliphatic rings. The van der Waals surface area contributed by atoms with Crippen molar-refractivity contribution >= 4 is 29.4 Å². The van der Waals surface area contributed by atoms with Crippen LogP contribution in [-0.4, -0.2) is 34.3 Å². The van der Waals surface area contributed by atoms with Crippen LogP contribution in [0.3, 0.4) is 0 Å². The minimum atomic E-state index is -0.0561. The van der Waals surface area contributed by atoms with E-state index < -0.39 is 0 Å². The largest absolute Gasteiger partial charge is 0.511 e. The number of nitrogens with zero attached hydrogens (tertiary/aromatic N) is 2. The van der Waals surface area contributed by atoms with E-state index in [0.717, 1.165) is 36.4 Å². The fourth-order valence-corrected chi connectivity index (χ4v) is 6.49. The smallest absolute Gasteiger partial charge is 0.261 e. The summed E-state index contributed by atoms with van der Waals surface area (Å²) in [6.07, 6.45) is 4.46. The molecule has 29 heavy (non-hydrogen) atoms. The second kappa shape index (κ2) is 7.08. The monoisotopic (exact) mass is 411 g/mol. The number of amides is 1. The van der Waals surface area contributed by atoms with E-state index in [0.29, 0.717) is 29.2 Å². The molecule has 1 unspecified atom stereocenters. The van der Waals surface area contributed by atoms with Gasteiger partial charge < -0.3 is 14.7 Å². The van der Waals surface area contributed by atoms with Gasteiger partial charge in [0.15, 0.2) is 5.84 Å². The molecule has 0 spiro atoms. The van der Waals surface area contributed by atoms with Gasteiger partial charge in [0.2, 0.25) is 0 Å². The van der Waals surface area contributed by atoms with Gasteiger partial charge in [-0.3, -0.25) is 4.79 Å². The van der Waals surface area contributed by atoms with Crippen molar-refractivity contribution in [3.63, 3.8) is 0 Å². The summed E-state index contributed by atoms with van der Waals surface area (Å²) >= 11 is 1.47. The van der Waals surface area contributed by atoms with Gasteiger partial charge in [0.05, 0.1) is 10.6 Å². The molecule has 0 radical (unpaired) electrons. The van der Waals surface area contributed by atoms with Crippen LogP contribution in [0.1, 0.15) is 45.1 Å². The van der Waals surface area contributed by atoms with E-state index in [9.17, 15) is 9.90 Å².